The summed E-state index contributed by atoms with van der Waals surface area (Å²) in [4.78, 5) is 10.7. The molecule has 14 heavy (non-hydrogen) atoms. The summed E-state index contributed by atoms with van der Waals surface area (Å²) in [6.07, 6.45) is 0.361. The van der Waals surface area contributed by atoms with E-state index in [0.29, 0.717) is 12.0 Å². The molecule has 1 aromatic carbocycles. The van der Waals surface area contributed by atoms with Gasteiger partial charge in [0.15, 0.2) is 0 Å². The third kappa shape index (κ3) is 2.29. The van der Waals surface area contributed by atoms with Crippen molar-refractivity contribution in [3.63, 3.8) is 0 Å². The molecule has 0 aliphatic rings. The predicted octanol–water partition coefficient (Wildman–Crippen LogP) is 1.41. The van der Waals surface area contributed by atoms with Gasteiger partial charge in [-0.3, -0.25) is 0 Å². The molecule has 0 saturated heterocycles. The number of aromatic carboxylic acids is 1. The fraction of sp³-hybridized carbons (Fsp3) is 0.300. The first-order valence-corrected chi connectivity index (χ1v) is 4.28. The number of halogens is 1. The third-order valence-electron chi connectivity index (χ3n) is 1.86. The quantitative estimate of drug-likeness (QED) is 0.770. The van der Waals surface area contributed by atoms with Crippen LogP contribution in [0.15, 0.2) is 18.2 Å². The monoisotopic (exact) mass is 197 g/mol. The normalized spacial score (nSPS) is 12.5. The van der Waals surface area contributed by atoms with Crippen LogP contribution in [0, 0.1) is 5.82 Å². The van der Waals surface area contributed by atoms with E-state index in [9.17, 15) is 9.18 Å². The van der Waals surface area contributed by atoms with E-state index < -0.39 is 11.8 Å². The average Bonchev–Trinajstić information content (AvgIpc) is 2.01. The van der Waals surface area contributed by atoms with Gasteiger partial charge in [-0.25, -0.2) is 9.18 Å². The Labute approximate surface area is 81.4 Å². The van der Waals surface area contributed by atoms with Gasteiger partial charge < -0.3 is 10.8 Å². The zero-order chi connectivity index (χ0) is 10.7. The standard InChI is InChI=1S/C10H12FNO2/c1-6(12)5-7-3-2-4-8(11)9(7)10(13)14/h2-4,6H,5,12H2,1H3,(H,13,14)/t6-/m1/s1. The van der Waals surface area contributed by atoms with Gasteiger partial charge in [-0.05, 0) is 25.0 Å². The van der Waals surface area contributed by atoms with Gasteiger partial charge in [0, 0.05) is 6.04 Å². The summed E-state index contributed by atoms with van der Waals surface area (Å²) in [5, 5.41) is 8.78. The second-order valence-corrected chi connectivity index (χ2v) is 3.26. The van der Waals surface area contributed by atoms with Crippen LogP contribution in [0.3, 0.4) is 0 Å². The van der Waals surface area contributed by atoms with E-state index in [0.717, 1.165) is 6.07 Å². The minimum absolute atomic E-state index is 0.185. The second-order valence-electron chi connectivity index (χ2n) is 3.26. The van der Waals surface area contributed by atoms with Gasteiger partial charge in [-0.15, -0.1) is 0 Å². The lowest BCUT2D eigenvalue weighted by molar-refractivity contribution is 0.0690. The van der Waals surface area contributed by atoms with Crippen molar-refractivity contribution < 1.29 is 14.3 Å². The van der Waals surface area contributed by atoms with Crippen LogP contribution < -0.4 is 5.73 Å². The maximum Gasteiger partial charge on any atom is 0.338 e. The molecule has 0 amide bonds. The first-order valence-electron chi connectivity index (χ1n) is 4.28. The summed E-state index contributed by atoms with van der Waals surface area (Å²) < 4.78 is 13.1. The van der Waals surface area contributed by atoms with E-state index in [2.05, 4.69) is 0 Å². The second kappa shape index (κ2) is 4.19. The first kappa shape index (κ1) is 10.7. The van der Waals surface area contributed by atoms with Crippen LogP contribution in [-0.4, -0.2) is 17.1 Å². The van der Waals surface area contributed by atoms with Crippen LogP contribution >= 0.6 is 0 Å². The van der Waals surface area contributed by atoms with Gasteiger partial charge in [0.2, 0.25) is 0 Å². The highest BCUT2D eigenvalue weighted by Crippen LogP contribution is 2.14. The lowest BCUT2D eigenvalue weighted by atomic mass is 10.0. The molecule has 0 saturated carbocycles. The SMILES string of the molecule is C[C@@H](N)Cc1cccc(F)c1C(=O)O. The highest BCUT2D eigenvalue weighted by Gasteiger charge is 2.15. The van der Waals surface area contributed by atoms with E-state index in [1.165, 1.54) is 6.07 Å². The Balaban J connectivity index is 3.14. The van der Waals surface area contributed by atoms with Crippen molar-refractivity contribution in [1.82, 2.24) is 0 Å². The summed E-state index contributed by atoms with van der Waals surface area (Å²) in [6, 6.07) is 4.01. The molecule has 1 rings (SSSR count). The molecule has 0 aliphatic carbocycles. The highest BCUT2D eigenvalue weighted by molar-refractivity contribution is 5.89. The van der Waals surface area contributed by atoms with Crippen molar-refractivity contribution >= 4 is 5.97 Å². The van der Waals surface area contributed by atoms with Crippen molar-refractivity contribution in [2.45, 2.75) is 19.4 Å². The van der Waals surface area contributed by atoms with Gasteiger partial charge in [0.1, 0.15) is 5.82 Å². The summed E-state index contributed by atoms with van der Waals surface area (Å²) in [5.41, 5.74) is 5.69. The van der Waals surface area contributed by atoms with Crippen molar-refractivity contribution in [2.75, 3.05) is 0 Å². The molecule has 76 valence electrons. The molecule has 3 nitrogen and oxygen atoms in total. The molecule has 4 heteroatoms. The molecule has 0 aromatic heterocycles. The van der Waals surface area contributed by atoms with Crippen LogP contribution in [0.2, 0.25) is 0 Å². The lowest BCUT2D eigenvalue weighted by Gasteiger charge is -2.08. The summed E-state index contributed by atoms with van der Waals surface area (Å²) in [5.74, 6) is -1.96. The maximum absolute atomic E-state index is 13.1. The number of hydrogen-bond acceptors (Lipinski definition) is 2. The number of carboxylic acids is 1. The number of carbonyl (C=O) groups is 1. The fourth-order valence-corrected chi connectivity index (χ4v) is 1.33. The molecule has 0 unspecified atom stereocenters. The Hall–Kier alpha value is -1.42. The average molecular weight is 197 g/mol. The minimum Gasteiger partial charge on any atom is -0.478 e. The molecule has 3 N–H and O–H groups in total. The van der Waals surface area contributed by atoms with Gasteiger partial charge in [0.25, 0.3) is 0 Å². The number of carboxylic acid groups (broad SMARTS) is 1. The smallest absolute Gasteiger partial charge is 0.338 e. The Bertz CT molecular complexity index is 350. The minimum atomic E-state index is -1.25. The van der Waals surface area contributed by atoms with Gasteiger partial charge in [-0.2, -0.15) is 0 Å². The predicted molar refractivity (Wildman–Crippen MR) is 50.7 cm³/mol. The fourth-order valence-electron chi connectivity index (χ4n) is 1.33. The van der Waals surface area contributed by atoms with Crippen molar-refractivity contribution in [3.05, 3.63) is 35.1 Å². The Morgan fingerprint density at radius 3 is 2.79 bits per heavy atom. The van der Waals surface area contributed by atoms with E-state index in [-0.39, 0.29) is 11.6 Å². The number of hydrogen-bond donors (Lipinski definition) is 2. The summed E-state index contributed by atoms with van der Waals surface area (Å²) >= 11 is 0. The number of rotatable bonds is 3. The molecule has 0 bridgehead atoms. The first-order chi connectivity index (χ1) is 6.52. The van der Waals surface area contributed by atoms with Crippen LogP contribution in [0.4, 0.5) is 4.39 Å². The van der Waals surface area contributed by atoms with Gasteiger partial charge in [0.05, 0.1) is 5.56 Å². The molecular weight excluding hydrogens is 185 g/mol. The zero-order valence-electron chi connectivity index (χ0n) is 7.83. The molecule has 0 heterocycles. The summed E-state index contributed by atoms with van der Waals surface area (Å²) in [6.45, 7) is 1.75. The van der Waals surface area contributed by atoms with Gasteiger partial charge >= 0.3 is 5.97 Å². The molecule has 1 atom stereocenters. The van der Waals surface area contributed by atoms with E-state index in [4.69, 9.17) is 10.8 Å². The Kier molecular flexibility index (Phi) is 3.19. The molecule has 0 radical (unpaired) electrons. The number of benzene rings is 1. The molecule has 1 aromatic rings. The molecular formula is C10H12FNO2. The largest absolute Gasteiger partial charge is 0.478 e. The van der Waals surface area contributed by atoms with Crippen molar-refractivity contribution in [3.8, 4) is 0 Å². The van der Waals surface area contributed by atoms with Crippen LogP contribution in [0.25, 0.3) is 0 Å². The lowest BCUT2D eigenvalue weighted by Crippen LogP contribution is -2.20. The van der Waals surface area contributed by atoms with Crippen molar-refractivity contribution in [2.24, 2.45) is 5.73 Å². The van der Waals surface area contributed by atoms with E-state index in [1.807, 2.05) is 0 Å². The van der Waals surface area contributed by atoms with Crippen LogP contribution in [0.5, 0.6) is 0 Å². The van der Waals surface area contributed by atoms with Gasteiger partial charge in [-0.1, -0.05) is 12.1 Å². The van der Waals surface area contributed by atoms with Crippen LogP contribution in [0.1, 0.15) is 22.8 Å². The number of nitrogens with two attached hydrogens (primary N) is 1. The van der Waals surface area contributed by atoms with Crippen molar-refractivity contribution in [1.29, 1.82) is 0 Å². The van der Waals surface area contributed by atoms with E-state index >= 15 is 0 Å². The molecule has 0 fully saturated rings. The highest BCUT2D eigenvalue weighted by atomic mass is 19.1. The topological polar surface area (TPSA) is 63.3 Å². The Morgan fingerprint density at radius 2 is 2.29 bits per heavy atom. The van der Waals surface area contributed by atoms with Crippen LogP contribution in [-0.2, 0) is 6.42 Å². The molecule has 0 aliphatic heterocycles. The third-order valence-corrected chi connectivity index (χ3v) is 1.86. The maximum atomic E-state index is 13.1. The Morgan fingerprint density at radius 1 is 1.64 bits per heavy atom. The molecule has 0 spiro atoms. The summed E-state index contributed by atoms with van der Waals surface area (Å²) in [7, 11) is 0. The van der Waals surface area contributed by atoms with E-state index in [1.54, 1.807) is 13.0 Å². The zero-order valence-corrected chi connectivity index (χ0v) is 7.83.